The van der Waals surface area contributed by atoms with E-state index in [4.69, 9.17) is 30.1 Å². The van der Waals surface area contributed by atoms with Crippen LogP contribution in [0.25, 0.3) is 22.2 Å². The number of ether oxygens (including phenoxy) is 3. The number of nitrogens with one attached hydrogen (secondary N) is 1. The number of allylic oxidation sites excluding steroid dienone is 1. The van der Waals surface area contributed by atoms with Gasteiger partial charge >= 0.3 is 5.97 Å². The summed E-state index contributed by atoms with van der Waals surface area (Å²) in [6, 6.07) is 10.4. The number of rotatable bonds is 6. The number of phenols is 1. The molecule has 0 saturated carbocycles. The molecule has 284 valence electrons. The van der Waals surface area contributed by atoms with Crippen LogP contribution in [0.1, 0.15) is 68.0 Å². The second-order valence-electron chi connectivity index (χ2n) is 15.9. The second-order valence-corrected chi connectivity index (χ2v) is 15.9. The molecule has 14 nitrogen and oxygen atoms in total. The van der Waals surface area contributed by atoms with Gasteiger partial charge < -0.3 is 40.3 Å². The number of phenolic OH excluding ortho intramolecular Hbond substituents is 1. The van der Waals surface area contributed by atoms with Crippen molar-refractivity contribution in [3.8, 4) is 22.8 Å². The maximum atomic E-state index is 14.1. The number of hydrogen-bond donors (Lipinski definition) is 5. The third-order valence-electron chi connectivity index (χ3n) is 11.4. The van der Waals surface area contributed by atoms with Crippen LogP contribution in [0.3, 0.4) is 0 Å². The molecule has 9 rings (SSSR count). The fourth-order valence-electron chi connectivity index (χ4n) is 8.89. The van der Waals surface area contributed by atoms with Gasteiger partial charge in [-0.15, -0.1) is 0 Å². The Kier molecular flexibility index (Phi) is 8.15. The van der Waals surface area contributed by atoms with E-state index in [-0.39, 0.29) is 28.6 Å². The number of esters is 1. The summed E-state index contributed by atoms with van der Waals surface area (Å²) >= 11 is 0. The zero-order valence-corrected chi connectivity index (χ0v) is 30.8. The quantitative estimate of drug-likeness (QED) is 0.142. The largest absolute Gasteiger partial charge is 0.507 e. The number of nitrogens with two attached hydrogens (primary N) is 2. The predicted octanol–water partition coefficient (Wildman–Crippen LogP) is 3.16. The average molecular weight is 748 g/mol. The highest BCUT2D eigenvalue weighted by molar-refractivity contribution is 5.88. The summed E-state index contributed by atoms with van der Waals surface area (Å²) in [6.07, 6.45) is 5.38. The maximum absolute atomic E-state index is 14.1. The zero-order chi connectivity index (χ0) is 38.4. The molecule has 4 aromatic rings. The van der Waals surface area contributed by atoms with Crippen molar-refractivity contribution < 1.29 is 38.5 Å². The first kappa shape index (κ1) is 35.2. The highest BCUT2D eigenvalue weighted by Crippen LogP contribution is 2.53. The standard InChI is InChI=1S/C41H42N6O8/c1-20-10-29(49)36-30(52-20)15-31-35(37(36)50)26-6-5-25(48)16-41(39(51)53-38(26)40(2,3)54-31)32(55-41)7-4-21-11-27(46-33(42)12-21)23-13-24(45-34(43)14-23)18-47-17-22-8-9-44-28(22)19-47/h8-15,19,25-26,32,38,48,50H,4-7,16-18H2,1-3H3,(H2,42,46)(H2,43,45)/p+1/t25-,26+,32-,38-,41+/m1/s1. The number of aryl methyl sites for hydroxylation is 2. The number of aliphatic hydroxyl groups excluding tert-OH is 1. The van der Waals surface area contributed by atoms with Gasteiger partial charge in [0.1, 0.15) is 76.6 Å². The lowest BCUT2D eigenvalue weighted by Crippen LogP contribution is -3.04. The van der Waals surface area contributed by atoms with E-state index in [0.717, 1.165) is 29.1 Å². The van der Waals surface area contributed by atoms with Crippen LogP contribution < -0.4 is 26.5 Å². The van der Waals surface area contributed by atoms with Crippen LogP contribution in [0.4, 0.5) is 11.6 Å². The highest BCUT2D eigenvalue weighted by Gasteiger charge is 2.65. The van der Waals surface area contributed by atoms with E-state index in [1.165, 1.54) is 16.5 Å². The molecule has 55 heavy (non-hydrogen) atoms. The number of carbonyl (C=O) groups excluding carboxylic acids is 1. The molecule has 14 heteroatoms. The van der Waals surface area contributed by atoms with Crippen LogP contribution in [0.2, 0.25) is 0 Å². The number of benzene rings is 1. The monoisotopic (exact) mass is 747 g/mol. The number of hydrogen-bond acceptors (Lipinski definition) is 13. The number of aromatic nitrogens is 2. The molecule has 6 atom stereocenters. The first-order valence-electron chi connectivity index (χ1n) is 18.7. The minimum absolute atomic E-state index is 0.0319. The maximum Gasteiger partial charge on any atom is 0.341 e. The number of aliphatic hydroxyl groups is 1. The number of quaternary nitrogens is 1. The molecule has 8 heterocycles. The summed E-state index contributed by atoms with van der Waals surface area (Å²) in [6.45, 7) is 6.76. The minimum Gasteiger partial charge on any atom is -0.507 e. The van der Waals surface area contributed by atoms with Crippen molar-refractivity contribution in [3.05, 3.63) is 92.7 Å². The number of epoxide rings is 1. The molecule has 1 unspecified atom stereocenters. The fraction of sp³-hybridized carbons (Fsp3) is 0.390. The van der Waals surface area contributed by atoms with Gasteiger partial charge in [-0.3, -0.25) is 14.7 Å². The smallest absolute Gasteiger partial charge is 0.341 e. The molecule has 0 radical (unpaired) electrons. The summed E-state index contributed by atoms with van der Waals surface area (Å²) < 4.78 is 24.6. The number of fused-ring (bicyclic) bond motifs is 5. The molecule has 3 aromatic heterocycles. The normalized spacial score (nSPS) is 27.6. The lowest BCUT2D eigenvalue weighted by Gasteiger charge is -2.44. The molecule has 0 bridgehead atoms. The molecule has 2 saturated heterocycles. The number of nitrogen functional groups attached to an aromatic ring is 2. The predicted molar refractivity (Wildman–Crippen MR) is 202 cm³/mol. The Morgan fingerprint density at radius 3 is 2.67 bits per heavy atom. The van der Waals surface area contributed by atoms with Crippen molar-refractivity contribution in [1.82, 2.24) is 9.97 Å². The lowest BCUT2D eigenvalue weighted by molar-refractivity contribution is -0.852. The van der Waals surface area contributed by atoms with Gasteiger partial charge in [-0.1, -0.05) is 0 Å². The third kappa shape index (κ3) is 6.23. The summed E-state index contributed by atoms with van der Waals surface area (Å²) in [5.74, 6) is 0.0283. The molecule has 0 aliphatic carbocycles. The molecule has 0 amide bonds. The summed E-state index contributed by atoms with van der Waals surface area (Å²) in [4.78, 5) is 41.9. The minimum atomic E-state index is -1.35. The van der Waals surface area contributed by atoms with Gasteiger partial charge in [-0.05, 0) is 82.4 Å². The van der Waals surface area contributed by atoms with Crippen molar-refractivity contribution in [2.75, 3.05) is 18.0 Å². The summed E-state index contributed by atoms with van der Waals surface area (Å²) in [5, 5.41) is 22.8. The van der Waals surface area contributed by atoms with E-state index in [1.807, 2.05) is 38.3 Å². The number of carbonyl (C=O) groups is 1. The SMILES string of the molecule is Cc1cc(=O)c2c(O)c3c(cc2o1)OC(C)(C)[C@@H]1OC(=O)[C@@]2(C[C@H](O)CC[C@@H]31)O[C@@H]2CCc1cc(N)nc(-c2cc(N)nc(C[NH+]3C=C4N=CC=C4C3)c2)c1. The molecule has 1 aromatic carbocycles. The van der Waals surface area contributed by atoms with Crippen molar-refractivity contribution in [2.45, 2.75) is 94.9 Å². The molecule has 5 aliphatic heterocycles. The van der Waals surface area contributed by atoms with Gasteiger partial charge in [0, 0.05) is 47.4 Å². The number of pyridine rings is 2. The number of anilines is 2. The number of aliphatic imine (C=N–C) groups is 1. The van der Waals surface area contributed by atoms with E-state index in [0.29, 0.717) is 66.6 Å². The van der Waals surface area contributed by atoms with Crippen LogP contribution in [-0.4, -0.2) is 68.4 Å². The Bertz CT molecular complexity index is 2440. The van der Waals surface area contributed by atoms with Crippen molar-refractivity contribution in [3.63, 3.8) is 0 Å². The third-order valence-corrected chi connectivity index (χ3v) is 11.4. The Morgan fingerprint density at radius 1 is 1.04 bits per heavy atom. The molecule has 5 aliphatic rings. The topological polar surface area (TPSA) is 213 Å². The van der Waals surface area contributed by atoms with Gasteiger partial charge in [0.2, 0.25) is 0 Å². The fourth-order valence-corrected chi connectivity index (χ4v) is 8.89. The Labute approximate surface area is 316 Å². The molecule has 2 fully saturated rings. The van der Waals surface area contributed by atoms with Gasteiger partial charge in [0.25, 0.3) is 0 Å². The van der Waals surface area contributed by atoms with Crippen LogP contribution in [0.5, 0.6) is 11.5 Å². The summed E-state index contributed by atoms with van der Waals surface area (Å²) in [5.41, 5.74) is 15.7. The van der Waals surface area contributed by atoms with E-state index in [2.05, 4.69) is 21.2 Å². The van der Waals surface area contributed by atoms with Gasteiger partial charge in [0.15, 0.2) is 11.0 Å². The van der Waals surface area contributed by atoms with E-state index in [9.17, 15) is 19.8 Å². The number of nitrogens with zero attached hydrogens (tertiary/aromatic N) is 3. The Balaban J connectivity index is 0.936. The van der Waals surface area contributed by atoms with E-state index in [1.54, 1.807) is 25.1 Å². The van der Waals surface area contributed by atoms with Crippen molar-refractivity contribution >= 4 is 34.8 Å². The van der Waals surface area contributed by atoms with Crippen LogP contribution in [0.15, 0.2) is 74.1 Å². The van der Waals surface area contributed by atoms with Crippen LogP contribution >= 0.6 is 0 Å². The second kappa shape index (κ2) is 12.8. The molecular weight excluding hydrogens is 704 g/mol. The Morgan fingerprint density at radius 2 is 1.85 bits per heavy atom. The van der Waals surface area contributed by atoms with Gasteiger partial charge in [0.05, 0.1) is 23.6 Å². The van der Waals surface area contributed by atoms with Crippen molar-refractivity contribution in [2.24, 2.45) is 4.99 Å². The number of aromatic hydroxyl groups is 1. The first-order chi connectivity index (χ1) is 26.3. The van der Waals surface area contributed by atoms with E-state index >= 15 is 0 Å². The molecular formula is C41H43N6O8+. The summed E-state index contributed by atoms with van der Waals surface area (Å²) in [7, 11) is 0. The van der Waals surface area contributed by atoms with E-state index < -0.39 is 41.4 Å². The average Bonchev–Trinajstić information content (AvgIpc) is 3.37. The Hall–Kier alpha value is -5.57. The van der Waals surface area contributed by atoms with Crippen molar-refractivity contribution in [1.29, 1.82) is 0 Å². The zero-order valence-electron chi connectivity index (χ0n) is 30.8. The van der Waals surface area contributed by atoms with Crippen LogP contribution in [-0.2, 0) is 27.2 Å². The lowest BCUT2D eigenvalue weighted by atomic mass is 9.77. The first-order valence-corrected chi connectivity index (χ1v) is 18.7. The van der Waals surface area contributed by atoms with Crippen LogP contribution in [0, 0.1) is 6.92 Å². The van der Waals surface area contributed by atoms with Gasteiger partial charge in [-0.2, -0.15) is 0 Å². The highest BCUT2D eigenvalue weighted by atomic mass is 16.7. The molecule has 1 spiro atoms. The molecule has 7 N–H and O–H groups in total. The van der Waals surface area contributed by atoms with Gasteiger partial charge in [-0.25, -0.2) is 14.8 Å².